The minimum atomic E-state index is 0.230. The molecule has 146 valence electrons. The molecular formula is C26H32N2. The van der Waals surface area contributed by atoms with E-state index in [0.717, 1.165) is 11.8 Å². The van der Waals surface area contributed by atoms with Crippen molar-refractivity contribution >= 4 is 11.4 Å². The van der Waals surface area contributed by atoms with Crippen LogP contribution in [0.3, 0.4) is 0 Å². The number of para-hydroxylation sites is 2. The lowest BCUT2D eigenvalue weighted by molar-refractivity contribution is 0.0895. The van der Waals surface area contributed by atoms with Gasteiger partial charge in [-0.3, -0.25) is 0 Å². The van der Waals surface area contributed by atoms with Gasteiger partial charge in [-0.15, -0.1) is 0 Å². The molecule has 0 unspecified atom stereocenters. The summed E-state index contributed by atoms with van der Waals surface area (Å²) in [6.45, 7) is 0. The summed E-state index contributed by atoms with van der Waals surface area (Å²) < 4.78 is 0. The predicted octanol–water partition coefficient (Wildman–Crippen LogP) is 6.89. The van der Waals surface area contributed by atoms with E-state index in [9.17, 15) is 0 Å². The summed E-state index contributed by atoms with van der Waals surface area (Å²) in [6, 6.07) is 9.46. The van der Waals surface area contributed by atoms with Crippen molar-refractivity contribution in [3.8, 4) is 0 Å². The summed E-state index contributed by atoms with van der Waals surface area (Å²) in [5.41, 5.74) is 10.4. The normalized spacial score (nSPS) is 35.9. The zero-order chi connectivity index (χ0) is 18.3. The van der Waals surface area contributed by atoms with Gasteiger partial charge >= 0.3 is 0 Å². The van der Waals surface area contributed by atoms with E-state index >= 15 is 0 Å². The fourth-order valence-corrected chi connectivity index (χ4v) is 8.13. The molecule has 2 nitrogen and oxygen atoms in total. The Labute approximate surface area is 169 Å². The Morgan fingerprint density at radius 2 is 1.14 bits per heavy atom. The Kier molecular flexibility index (Phi) is 3.27. The fourth-order valence-electron chi connectivity index (χ4n) is 8.13. The third kappa shape index (κ3) is 1.81. The van der Waals surface area contributed by atoms with E-state index in [1.54, 1.807) is 11.4 Å². The van der Waals surface area contributed by atoms with E-state index in [1.165, 1.54) is 94.8 Å². The first kappa shape index (κ1) is 16.1. The lowest BCUT2D eigenvalue weighted by Gasteiger charge is -2.63. The fraction of sp³-hybridized carbons (Fsp3) is 0.615. The van der Waals surface area contributed by atoms with Crippen molar-refractivity contribution in [1.82, 2.24) is 0 Å². The van der Waals surface area contributed by atoms with E-state index in [-0.39, 0.29) is 5.66 Å². The molecule has 3 aliphatic carbocycles. The number of benzene rings is 1. The molecule has 2 atom stereocenters. The molecule has 1 aromatic carbocycles. The summed E-state index contributed by atoms with van der Waals surface area (Å²) in [5, 5.41) is 0. The van der Waals surface area contributed by atoms with Crippen LogP contribution < -0.4 is 9.80 Å². The van der Waals surface area contributed by atoms with Gasteiger partial charge in [-0.05, 0) is 89.2 Å². The molecule has 28 heavy (non-hydrogen) atoms. The average Bonchev–Trinajstić information content (AvgIpc) is 3.06. The average molecular weight is 373 g/mol. The van der Waals surface area contributed by atoms with E-state index in [1.807, 2.05) is 11.1 Å². The predicted molar refractivity (Wildman–Crippen MR) is 115 cm³/mol. The van der Waals surface area contributed by atoms with Crippen LogP contribution in [0.2, 0.25) is 0 Å². The third-order valence-electron chi connectivity index (χ3n) is 9.01. The van der Waals surface area contributed by atoms with Crippen LogP contribution in [0.15, 0.2) is 46.8 Å². The topological polar surface area (TPSA) is 6.48 Å². The van der Waals surface area contributed by atoms with Crippen LogP contribution in [0, 0.1) is 11.8 Å². The molecule has 7 rings (SSSR count). The number of fused-ring (bicyclic) bond motifs is 5. The maximum atomic E-state index is 2.95. The number of rotatable bonds is 0. The highest BCUT2D eigenvalue weighted by atomic mass is 15.5. The van der Waals surface area contributed by atoms with E-state index < -0.39 is 0 Å². The standard InChI is InChI=1S/C26H32N2/c1-3-12-22-18(8-1)16-20-10-7-11-21-17-19-9-2-4-13-23(19)28-25-15-6-5-14-24(25)27(22)26(20,21)28/h5-6,14-15,20-21H,1-4,7-13,16-17H2/t20-,21-,26?/m1/s1. The zero-order valence-corrected chi connectivity index (χ0v) is 17.1. The number of anilines is 2. The van der Waals surface area contributed by atoms with Crippen molar-refractivity contribution in [3.05, 3.63) is 46.8 Å². The van der Waals surface area contributed by atoms with Crippen LogP contribution >= 0.6 is 0 Å². The molecule has 3 aliphatic heterocycles. The zero-order valence-electron chi connectivity index (χ0n) is 17.1. The Bertz CT molecular complexity index is 834. The van der Waals surface area contributed by atoms with Crippen molar-refractivity contribution in [1.29, 1.82) is 0 Å². The lowest BCUT2D eigenvalue weighted by atomic mass is 9.61. The highest BCUT2D eigenvalue weighted by Crippen LogP contribution is 2.66. The summed E-state index contributed by atoms with van der Waals surface area (Å²) in [7, 11) is 0. The van der Waals surface area contributed by atoms with Crippen LogP contribution in [-0.4, -0.2) is 5.66 Å². The second kappa shape index (κ2) is 5.68. The van der Waals surface area contributed by atoms with Gasteiger partial charge in [-0.25, -0.2) is 0 Å². The maximum Gasteiger partial charge on any atom is 0.128 e. The molecule has 1 spiro atoms. The first-order valence-corrected chi connectivity index (χ1v) is 12.0. The molecule has 0 amide bonds. The van der Waals surface area contributed by atoms with Gasteiger partial charge in [0.05, 0.1) is 11.4 Å². The quantitative estimate of drug-likeness (QED) is 0.489. The monoisotopic (exact) mass is 372 g/mol. The molecule has 6 aliphatic rings. The van der Waals surface area contributed by atoms with Gasteiger partial charge < -0.3 is 9.80 Å². The Morgan fingerprint density at radius 3 is 1.68 bits per heavy atom. The van der Waals surface area contributed by atoms with Gasteiger partial charge in [0.1, 0.15) is 5.66 Å². The van der Waals surface area contributed by atoms with Gasteiger partial charge in [0, 0.05) is 23.2 Å². The van der Waals surface area contributed by atoms with Gasteiger partial charge in [-0.1, -0.05) is 29.7 Å². The van der Waals surface area contributed by atoms with Crippen LogP contribution in [0.5, 0.6) is 0 Å². The maximum absolute atomic E-state index is 2.95. The van der Waals surface area contributed by atoms with Crippen molar-refractivity contribution in [2.24, 2.45) is 11.8 Å². The molecule has 3 heterocycles. The number of hydrogen-bond acceptors (Lipinski definition) is 2. The molecule has 0 aromatic heterocycles. The van der Waals surface area contributed by atoms with Crippen LogP contribution in [0.25, 0.3) is 0 Å². The highest BCUT2D eigenvalue weighted by molar-refractivity contribution is 5.86. The molecule has 0 radical (unpaired) electrons. The molecule has 2 heteroatoms. The molecular weight excluding hydrogens is 340 g/mol. The van der Waals surface area contributed by atoms with Gasteiger partial charge in [0.2, 0.25) is 0 Å². The molecule has 0 N–H and O–H groups in total. The SMILES string of the molecule is c1ccc2c(c1)N1C3=C(CCCC3)C[C@H]3CCC[C@@H]4CC5=C(CCCC5)N2C341. The minimum absolute atomic E-state index is 0.230. The molecule has 0 bridgehead atoms. The van der Waals surface area contributed by atoms with Crippen molar-refractivity contribution in [2.75, 3.05) is 9.80 Å². The molecule has 0 saturated heterocycles. The number of nitrogens with zero attached hydrogens (tertiary/aromatic N) is 2. The second-order valence-corrected chi connectivity index (χ2v) is 10.2. The summed E-state index contributed by atoms with van der Waals surface area (Å²) >= 11 is 0. The molecule has 1 fully saturated rings. The van der Waals surface area contributed by atoms with Crippen LogP contribution in [-0.2, 0) is 0 Å². The van der Waals surface area contributed by atoms with E-state index in [4.69, 9.17) is 0 Å². The second-order valence-electron chi connectivity index (χ2n) is 10.2. The first-order chi connectivity index (χ1) is 13.9. The van der Waals surface area contributed by atoms with E-state index in [2.05, 4.69) is 34.1 Å². The smallest absolute Gasteiger partial charge is 0.128 e. The Morgan fingerprint density at radius 1 is 0.643 bits per heavy atom. The minimum Gasteiger partial charge on any atom is -0.319 e. The first-order valence-electron chi connectivity index (χ1n) is 12.0. The van der Waals surface area contributed by atoms with Gasteiger partial charge in [0.25, 0.3) is 0 Å². The van der Waals surface area contributed by atoms with Gasteiger partial charge in [-0.2, -0.15) is 0 Å². The van der Waals surface area contributed by atoms with E-state index in [0.29, 0.717) is 0 Å². The largest absolute Gasteiger partial charge is 0.319 e. The Hall–Kier alpha value is -1.70. The summed E-state index contributed by atoms with van der Waals surface area (Å²) in [5.74, 6) is 1.62. The number of hydrogen-bond donors (Lipinski definition) is 0. The molecule has 1 saturated carbocycles. The summed E-state index contributed by atoms with van der Waals surface area (Å²) in [6.07, 6.45) is 18.0. The lowest BCUT2D eigenvalue weighted by Crippen LogP contribution is -2.70. The third-order valence-corrected chi connectivity index (χ3v) is 9.01. The van der Waals surface area contributed by atoms with Crippen LogP contribution in [0.1, 0.15) is 83.5 Å². The van der Waals surface area contributed by atoms with Gasteiger partial charge in [0.15, 0.2) is 0 Å². The van der Waals surface area contributed by atoms with Crippen molar-refractivity contribution < 1.29 is 0 Å². The Balaban J connectivity index is 1.54. The number of allylic oxidation sites excluding steroid dienone is 4. The van der Waals surface area contributed by atoms with Crippen LogP contribution in [0.4, 0.5) is 11.4 Å². The van der Waals surface area contributed by atoms with Crippen molar-refractivity contribution in [2.45, 2.75) is 89.1 Å². The summed E-state index contributed by atoms with van der Waals surface area (Å²) in [4.78, 5) is 5.90. The van der Waals surface area contributed by atoms with Crippen molar-refractivity contribution in [3.63, 3.8) is 0 Å². The highest BCUT2D eigenvalue weighted by Gasteiger charge is 2.64. The molecule has 1 aromatic rings.